The fraction of sp³-hybridized carbons (Fsp3) is 0.273. The highest BCUT2D eigenvalue weighted by molar-refractivity contribution is 6.31. The first-order valence-electron chi connectivity index (χ1n) is 4.52. The Balaban J connectivity index is 2.80. The summed E-state index contributed by atoms with van der Waals surface area (Å²) in [5, 5.41) is 8.96. The lowest BCUT2D eigenvalue weighted by Gasteiger charge is -2.12. The highest BCUT2D eigenvalue weighted by Gasteiger charge is 2.15. The number of halogens is 1. The molecule has 0 bridgehead atoms. The van der Waals surface area contributed by atoms with Crippen molar-refractivity contribution in [2.24, 2.45) is 0 Å². The summed E-state index contributed by atoms with van der Waals surface area (Å²) >= 11 is 5.81. The molecular weight excluding hydrogens is 230 g/mol. The Morgan fingerprint density at radius 1 is 1.56 bits per heavy atom. The van der Waals surface area contributed by atoms with Crippen LogP contribution in [-0.4, -0.2) is 19.2 Å². The second-order valence-corrected chi connectivity index (χ2v) is 3.44. The van der Waals surface area contributed by atoms with E-state index in [1.165, 1.54) is 19.2 Å². The molecule has 0 N–H and O–H groups in total. The number of esters is 1. The van der Waals surface area contributed by atoms with Gasteiger partial charge in [0.2, 0.25) is 0 Å². The number of carbonyl (C=O) groups is 1. The van der Waals surface area contributed by atoms with Gasteiger partial charge in [-0.15, -0.1) is 0 Å². The van der Waals surface area contributed by atoms with Gasteiger partial charge in [-0.2, -0.15) is 5.26 Å². The quantitative estimate of drug-likeness (QED) is 0.759. The number of ether oxygens (including phenoxy) is 2. The first-order valence-corrected chi connectivity index (χ1v) is 4.90. The van der Waals surface area contributed by atoms with E-state index in [2.05, 4.69) is 4.74 Å². The van der Waals surface area contributed by atoms with Gasteiger partial charge >= 0.3 is 5.97 Å². The number of methoxy groups -OCH3 is 1. The van der Waals surface area contributed by atoms with E-state index in [0.29, 0.717) is 11.3 Å². The average molecular weight is 240 g/mol. The Labute approximate surface area is 98.3 Å². The van der Waals surface area contributed by atoms with Crippen LogP contribution in [-0.2, 0) is 9.53 Å². The highest BCUT2D eigenvalue weighted by Crippen LogP contribution is 2.22. The number of hydrogen-bond donors (Lipinski definition) is 0. The van der Waals surface area contributed by atoms with Gasteiger partial charge in [0.25, 0.3) is 0 Å². The summed E-state index contributed by atoms with van der Waals surface area (Å²) in [7, 11) is 1.29. The monoisotopic (exact) mass is 239 g/mol. The molecule has 1 unspecified atom stereocenters. The minimum Gasteiger partial charge on any atom is -0.479 e. The molecule has 0 saturated carbocycles. The van der Waals surface area contributed by atoms with Crippen molar-refractivity contribution in [2.75, 3.05) is 7.11 Å². The number of nitrogens with zero attached hydrogens (tertiary/aromatic N) is 1. The van der Waals surface area contributed by atoms with E-state index in [0.717, 1.165) is 0 Å². The Kier molecular flexibility index (Phi) is 4.15. The number of hydrogen-bond acceptors (Lipinski definition) is 4. The lowest BCUT2D eigenvalue weighted by Crippen LogP contribution is -2.24. The summed E-state index contributed by atoms with van der Waals surface area (Å²) < 4.78 is 9.79. The topological polar surface area (TPSA) is 59.3 Å². The molecule has 1 aromatic carbocycles. The van der Waals surface area contributed by atoms with Crippen LogP contribution in [0.1, 0.15) is 12.5 Å². The molecule has 0 aliphatic heterocycles. The summed E-state index contributed by atoms with van der Waals surface area (Å²) in [6.45, 7) is 1.57. The number of nitriles is 1. The number of benzene rings is 1. The minimum atomic E-state index is -0.714. The van der Waals surface area contributed by atoms with Crippen LogP contribution in [0.25, 0.3) is 0 Å². The molecule has 0 aliphatic rings. The van der Waals surface area contributed by atoms with Crippen molar-refractivity contribution in [2.45, 2.75) is 13.0 Å². The third-order valence-electron chi connectivity index (χ3n) is 1.91. The largest absolute Gasteiger partial charge is 0.479 e. The highest BCUT2D eigenvalue weighted by atomic mass is 35.5. The van der Waals surface area contributed by atoms with Crippen molar-refractivity contribution in [3.8, 4) is 11.8 Å². The van der Waals surface area contributed by atoms with Crippen molar-refractivity contribution in [3.05, 3.63) is 28.8 Å². The average Bonchev–Trinajstić information content (AvgIpc) is 2.28. The van der Waals surface area contributed by atoms with Gasteiger partial charge in [-0.3, -0.25) is 0 Å². The molecule has 16 heavy (non-hydrogen) atoms. The molecule has 5 heteroatoms. The van der Waals surface area contributed by atoms with Crippen LogP contribution in [0.2, 0.25) is 5.02 Å². The third kappa shape index (κ3) is 2.88. The predicted octanol–water partition coefficient (Wildman–Crippen LogP) is 2.15. The first-order chi connectivity index (χ1) is 7.58. The van der Waals surface area contributed by atoms with Gasteiger partial charge in [0, 0.05) is 6.07 Å². The van der Waals surface area contributed by atoms with E-state index >= 15 is 0 Å². The zero-order valence-corrected chi connectivity index (χ0v) is 9.62. The van der Waals surface area contributed by atoms with Gasteiger partial charge in [0.15, 0.2) is 6.10 Å². The summed E-state index contributed by atoms with van der Waals surface area (Å²) in [5.41, 5.74) is 0.361. The van der Waals surface area contributed by atoms with Crippen LogP contribution < -0.4 is 4.74 Å². The normalized spacial score (nSPS) is 11.4. The molecule has 0 heterocycles. The van der Waals surface area contributed by atoms with Crippen LogP contribution in [0, 0.1) is 11.3 Å². The maximum Gasteiger partial charge on any atom is 0.346 e. The van der Waals surface area contributed by atoms with Crippen LogP contribution >= 0.6 is 11.6 Å². The second-order valence-electron chi connectivity index (χ2n) is 3.04. The molecule has 0 aliphatic carbocycles. The first kappa shape index (κ1) is 12.3. The molecule has 0 spiro atoms. The predicted molar refractivity (Wildman–Crippen MR) is 58.3 cm³/mol. The van der Waals surface area contributed by atoms with Crippen molar-refractivity contribution < 1.29 is 14.3 Å². The molecule has 0 amide bonds. The summed E-state index contributed by atoms with van der Waals surface area (Å²) in [4.78, 5) is 11.1. The third-order valence-corrected chi connectivity index (χ3v) is 2.22. The maximum absolute atomic E-state index is 11.1. The lowest BCUT2D eigenvalue weighted by atomic mass is 10.2. The van der Waals surface area contributed by atoms with Crippen molar-refractivity contribution in [1.82, 2.24) is 0 Å². The van der Waals surface area contributed by atoms with Gasteiger partial charge in [0.05, 0.1) is 17.7 Å². The Hall–Kier alpha value is -1.73. The molecule has 0 saturated heterocycles. The molecule has 4 nitrogen and oxygen atoms in total. The molecular formula is C11H10ClNO3. The van der Waals surface area contributed by atoms with Crippen LogP contribution in [0.4, 0.5) is 0 Å². The molecule has 1 atom stereocenters. The maximum atomic E-state index is 11.1. The Morgan fingerprint density at radius 3 is 2.75 bits per heavy atom. The standard InChI is InChI=1S/C11H10ClNO3/c1-7(11(14)15-2)16-9-4-3-8(6-13)10(12)5-9/h3-5,7H,1-2H3. The van der Waals surface area contributed by atoms with Crippen molar-refractivity contribution in [1.29, 1.82) is 5.26 Å². The fourth-order valence-electron chi connectivity index (χ4n) is 1.08. The molecule has 0 fully saturated rings. The zero-order chi connectivity index (χ0) is 12.1. The van der Waals surface area contributed by atoms with E-state index in [9.17, 15) is 4.79 Å². The number of rotatable bonds is 3. The minimum absolute atomic E-state index is 0.289. The van der Waals surface area contributed by atoms with Gasteiger partial charge in [0.1, 0.15) is 11.8 Å². The summed E-state index contributed by atoms with van der Waals surface area (Å²) in [6, 6.07) is 6.52. The second kappa shape index (κ2) is 5.38. The molecule has 1 rings (SSSR count). The summed E-state index contributed by atoms with van der Waals surface area (Å²) in [5.74, 6) is -0.0533. The van der Waals surface area contributed by atoms with E-state index < -0.39 is 12.1 Å². The fourth-order valence-corrected chi connectivity index (χ4v) is 1.29. The van der Waals surface area contributed by atoms with Crippen molar-refractivity contribution >= 4 is 17.6 Å². The molecule has 0 radical (unpaired) electrons. The van der Waals surface area contributed by atoms with E-state index in [4.69, 9.17) is 21.6 Å². The van der Waals surface area contributed by atoms with Crippen LogP contribution in [0.5, 0.6) is 5.75 Å². The zero-order valence-electron chi connectivity index (χ0n) is 8.86. The lowest BCUT2D eigenvalue weighted by molar-refractivity contribution is -0.147. The van der Waals surface area contributed by atoms with Crippen LogP contribution in [0.3, 0.4) is 0 Å². The number of carbonyl (C=O) groups excluding carboxylic acids is 1. The van der Waals surface area contributed by atoms with Crippen LogP contribution in [0.15, 0.2) is 18.2 Å². The molecule has 84 valence electrons. The Morgan fingerprint density at radius 2 is 2.25 bits per heavy atom. The molecule has 1 aromatic rings. The van der Waals surface area contributed by atoms with E-state index in [-0.39, 0.29) is 5.02 Å². The SMILES string of the molecule is COC(=O)C(C)Oc1ccc(C#N)c(Cl)c1. The van der Waals surface area contributed by atoms with E-state index in [1.807, 2.05) is 6.07 Å². The van der Waals surface area contributed by atoms with Gasteiger partial charge < -0.3 is 9.47 Å². The van der Waals surface area contributed by atoms with Gasteiger partial charge in [-0.1, -0.05) is 11.6 Å². The van der Waals surface area contributed by atoms with Gasteiger partial charge in [-0.25, -0.2) is 4.79 Å². The Bertz CT molecular complexity index is 439. The van der Waals surface area contributed by atoms with Gasteiger partial charge in [-0.05, 0) is 19.1 Å². The van der Waals surface area contributed by atoms with E-state index in [1.54, 1.807) is 13.0 Å². The smallest absolute Gasteiger partial charge is 0.346 e. The molecule has 0 aromatic heterocycles. The summed E-state index contributed by atoms with van der Waals surface area (Å²) in [6.07, 6.45) is -0.714. The van der Waals surface area contributed by atoms with Crippen molar-refractivity contribution in [3.63, 3.8) is 0 Å².